The Kier molecular flexibility index (Phi) is 4.03. The Morgan fingerprint density at radius 2 is 2.05 bits per heavy atom. The molecule has 2 aromatic carbocycles. The summed E-state index contributed by atoms with van der Waals surface area (Å²) in [5.74, 6) is -0.251. The fraction of sp³-hybridized carbons (Fsp3) is 0. The molecule has 3 rings (SSSR count). The van der Waals surface area contributed by atoms with Gasteiger partial charge in [-0.3, -0.25) is 20.2 Å². The number of carbonyl (C=O) groups excluding carboxylic acids is 1. The molecule has 1 N–H and O–H groups in total. The molecule has 1 aromatic heterocycles. The van der Waals surface area contributed by atoms with Crippen molar-refractivity contribution in [2.75, 3.05) is 5.32 Å². The van der Waals surface area contributed by atoms with Gasteiger partial charge in [0.15, 0.2) is 5.13 Å². The van der Waals surface area contributed by atoms with E-state index < -0.39 is 4.92 Å². The predicted molar refractivity (Wildman–Crippen MR) is 93.4 cm³/mol. The van der Waals surface area contributed by atoms with Gasteiger partial charge in [0.05, 0.1) is 20.7 Å². The largest absolute Gasteiger partial charge is 0.298 e. The summed E-state index contributed by atoms with van der Waals surface area (Å²) in [6.07, 6.45) is 0. The van der Waals surface area contributed by atoms with Crippen molar-refractivity contribution in [1.82, 2.24) is 4.98 Å². The number of non-ortho nitro benzene ring substituents is 1. The number of carbonyl (C=O) groups is 1. The Morgan fingerprint density at radius 3 is 2.77 bits per heavy atom. The van der Waals surface area contributed by atoms with Gasteiger partial charge in [-0.2, -0.15) is 0 Å². The Bertz CT molecular complexity index is 894. The molecule has 0 saturated heterocycles. The average Bonchev–Trinajstić information content (AvgIpc) is 2.88. The quantitative estimate of drug-likeness (QED) is 0.390. The Morgan fingerprint density at radius 1 is 1.27 bits per heavy atom. The van der Waals surface area contributed by atoms with E-state index >= 15 is 0 Å². The first kappa shape index (κ1) is 14.9. The van der Waals surface area contributed by atoms with Gasteiger partial charge in [-0.15, -0.1) is 0 Å². The zero-order chi connectivity index (χ0) is 15.7. The molecule has 0 spiro atoms. The van der Waals surface area contributed by atoms with Gasteiger partial charge in [0, 0.05) is 15.7 Å². The number of nitro benzene ring substituents is 1. The number of aromatic nitrogens is 1. The third-order valence-electron chi connectivity index (χ3n) is 2.92. The summed E-state index contributed by atoms with van der Waals surface area (Å²) in [5, 5.41) is 13.9. The summed E-state index contributed by atoms with van der Waals surface area (Å²) in [5.41, 5.74) is 1.19. The highest BCUT2D eigenvalue weighted by Gasteiger charge is 2.14. The lowest BCUT2D eigenvalue weighted by molar-refractivity contribution is -0.384. The molecule has 8 heteroatoms. The number of anilines is 1. The standard InChI is InChI=1S/C14H8IN3O3S/c15-10-4-2-1-3-9(10)13(19)17-14-16-11-6-5-8(18(20)21)7-12(11)22-14/h1-7H,(H,16,17,19). The monoisotopic (exact) mass is 425 g/mol. The number of nitro groups is 1. The number of nitrogens with zero attached hydrogens (tertiary/aromatic N) is 2. The highest BCUT2D eigenvalue weighted by Crippen LogP contribution is 2.29. The number of fused-ring (bicyclic) bond motifs is 1. The number of hydrogen-bond donors (Lipinski definition) is 1. The van der Waals surface area contributed by atoms with Crippen LogP contribution >= 0.6 is 33.9 Å². The van der Waals surface area contributed by atoms with Gasteiger partial charge >= 0.3 is 0 Å². The fourth-order valence-corrected chi connectivity index (χ4v) is 3.42. The number of hydrogen-bond acceptors (Lipinski definition) is 5. The van der Waals surface area contributed by atoms with Crippen molar-refractivity contribution in [2.45, 2.75) is 0 Å². The van der Waals surface area contributed by atoms with Crippen LogP contribution in [0.25, 0.3) is 10.2 Å². The lowest BCUT2D eigenvalue weighted by atomic mass is 10.2. The van der Waals surface area contributed by atoms with Crippen molar-refractivity contribution >= 4 is 60.9 Å². The molecule has 1 heterocycles. The van der Waals surface area contributed by atoms with Gasteiger partial charge in [0.1, 0.15) is 0 Å². The predicted octanol–water partition coefficient (Wildman–Crippen LogP) is 4.06. The minimum atomic E-state index is -0.455. The third kappa shape index (κ3) is 2.92. The maximum atomic E-state index is 12.2. The molecule has 0 unspecified atom stereocenters. The molecule has 6 nitrogen and oxygen atoms in total. The third-order valence-corrected chi connectivity index (χ3v) is 4.80. The minimum Gasteiger partial charge on any atom is -0.298 e. The number of benzene rings is 2. The van der Waals surface area contributed by atoms with Crippen molar-refractivity contribution in [3.8, 4) is 0 Å². The lowest BCUT2D eigenvalue weighted by Crippen LogP contribution is -2.12. The van der Waals surface area contributed by atoms with Crippen LogP contribution in [0.5, 0.6) is 0 Å². The molecule has 0 aliphatic heterocycles. The van der Waals surface area contributed by atoms with Gasteiger partial charge in [-0.05, 0) is 40.8 Å². The number of rotatable bonds is 3. The molecule has 110 valence electrons. The van der Waals surface area contributed by atoms with Crippen LogP contribution in [0.4, 0.5) is 10.8 Å². The summed E-state index contributed by atoms with van der Waals surface area (Å²) < 4.78 is 1.50. The molecule has 0 atom stereocenters. The van der Waals surface area contributed by atoms with E-state index in [1.807, 2.05) is 12.1 Å². The van der Waals surface area contributed by atoms with Crippen LogP contribution in [0, 0.1) is 13.7 Å². The second-order valence-corrected chi connectivity index (χ2v) is 6.55. The SMILES string of the molecule is O=C(Nc1nc2ccc([N+](=O)[O-])cc2s1)c1ccccc1I. The average molecular weight is 425 g/mol. The smallest absolute Gasteiger partial charge is 0.270 e. The zero-order valence-corrected chi connectivity index (χ0v) is 13.9. The summed E-state index contributed by atoms with van der Waals surface area (Å²) in [4.78, 5) is 26.8. The topological polar surface area (TPSA) is 85.1 Å². The number of halogens is 1. The van der Waals surface area contributed by atoms with Crippen LogP contribution in [-0.2, 0) is 0 Å². The van der Waals surface area contributed by atoms with Gasteiger partial charge < -0.3 is 0 Å². The summed E-state index contributed by atoms with van der Waals surface area (Å²) in [6, 6.07) is 11.6. The van der Waals surface area contributed by atoms with Crippen LogP contribution in [0.1, 0.15) is 10.4 Å². The van der Waals surface area contributed by atoms with E-state index in [-0.39, 0.29) is 11.6 Å². The molecule has 22 heavy (non-hydrogen) atoms. The minimum absolute atomic E-state index is 0.00614. The van der Waals surface area contributed by atoms with Crippen molar-refractivity contribution in [2.24, 2.45) is 0 Å². The number of amides is 1. The van der Waals surface area contributed by atoms with Crippen LogP contribution in [0.3, 0.4) is 0 Å². The maximum absolute atomic E-state index is 12.2. The normalized spacial score (nSPS) is 10.6. The molecular weight excluding hydrogens is 417 g/mol. The molecule has 0 bridgehead atoms. The number of nitrogens with one attached hydrogen (secondary N) is 1. The zero-order valence-electron chi connectivity index (χ0n) is 10.9. The van der Waals surface area contributed by atoms with Crippen LogP contribution < -0.4 is 5.32 Å². The highest BCUT2D eigenvalue weighted by molar-refractivity contribution is 14.1. The van der Waals surface area contributed by atoms with Crippen LogP contribution in [0.2, 0.25) is 0 Å². The van der Waals surface area contributed by atoms with E-state index in [0.29, 0.717) is 20.9 Å². The summed E-state index contributed by atoms with van der Waals surface area (Å²) in [6.45, 7) is 0. The van der Waals surface area contributed by atoms with E-state index in [2.05, 4.69) is 32.9 Å². The first-order valence-electron chi connectivity index (χ1n) is 6.15. The van der Waals surface area contributed by atoms with Gasteiger partial charge in [-0.25, -0.2) is 4.98 Å². The second-order valence-electron chi connectivity index (χ2n) is 4.36. The van der Waals surface area contributed by atoms with Crippen LogP contribution in [-0.4, -0.2) is 15.8 Å². The maximum Gasteiger partial charge on any atom is 0.270 e. The van der Waals surface area contributed by atoms with E-state index in [4.69, 9.17) is 0 Å². The van der Waals surface area contributed by atoms with Crippen molar-refractivity contribution in [3.63, 3.8) is 0 Å². The van der Waals surface area contributed by atoms with Gasteiger partial charge in [0.25, 0.3) is 11.6 Å². The van der Waals surface area contributed by atoms with E-state index in [0.717, 1.165) is 3.57 Å². The first-order valence-corrected chi connectivity index (χ1v) is 8.05. The molecule has 0 aliphatic rings. The molecule has 1 amide bonds. The molecule has 0 radical (unpaired) electrons. The molecule has 3 aromatic rings. The molecule has 0 aliphatic carbocycles. The summed E-state index contributed by atoms with van der Waals surface area (Å²) in [7, 11) is 0. The van der Waals surface area contributed by atoms with Crippen molar-refractivity contribution in [1.29, 1.82) is 0 Å². The number of thiazole rings is 1. The fourth-order valence-electron chi connectivity index (χ4n) is 1.89. The molecular formula is C14H8IN3O3S. The van der Waals surface area contributed by atoms with Crippen molar-refractivity contribution in [3.05, 3.63) is 61.7 Å². The molecule has 0 saturated carbocycles. The Balaban J connectivity index is 1.89. The Labute approximate surface area is 142 Å². The van der Waals surface area contributed by atoms with Crippen molar-refractivity contribution < 1.29 is 9.72 Å². The van der Waals surface area contributed by atoms with E-state index in [9.17, 15) is 14.9 Å². The van der Waals surface area contributed by atoms with Gasteiger partial charge in [-0.1, -0.05) is 23.5 Å². The van der Waals surface area contributed by atoms with E-state index in [1.165, 1.54) is 23.5 Å². The Hall–Kier alpha value is -2.07. The highest BCUT2D eigenvalue weighted by atomic mass is 127. The van der Waals surface area contributed by atoms with E-state index in [1.54, 1.807) is 18.2 Å². The summed E-state index contributed by atoms with van der Waals surface area (Å²) >= 11 is 3.30. The molecule has 0 fully saturated rings. The second kappa shape index (κ2) is 5.97. The lowest BCUT2D eigenvalue weighted by Gasteiger charge is -2.03. The van der Waals surface area contributed by atoms with Crippen LogP contribution in [0.15, 0.2) is 42.5 Å². The van der Waals surface area contributed by atoms with Gasteiger partial charge in [0.2, 0.25) is 0 Å². The first-order chi connectivity index (χ1) is 10.5.